The van der Waals surface area contributed by atoms with Gasteiger partial charge in [-0.1, -0.05) is 104 Å². The van der Waals surface area contributed by atoms with Crippen molar-refractivity contribution in [2.24, 2.45) is 24.4 Å². The number of methoxy groups -OCH3 is 2. The average Bonchev–Trinajstić information content (AvgIpc) is 4.07. The van der Waals surface area contributed by atoms with Crippen molar-refractivity contribution < 1.29 is 33.3 Å². The zero-order valence-electron chi connectivity index (χ0n) is 32.4. The van der Waals surface area contributed by atoms with Crippen LogP contribution in [0.4, 0.5) is 19.9 Å². The standard InChI is InChI=1S/C16H15N5O5S.C15H15N7O3S.2C2H6/c1-21-13(20-26-16(21)23)12(10-6-4-3-5-7-10)19-25-8-11-9-27-14(17-11)18-15(22)24-2;1-22-13(18-20-21-22)12(10-6-4-3-5-7-10)19-25-8-11-9-26-14(16-11)17-15(23)24-2;2*1-2/h3-7,9H,8H2,1-2H3,(H,17,18,22);3-7,9H,8H2,1-2H3,(H,16,17,23);2*1-2H3. The number of nitrogens with zero attached hydrogens (tertiary/aromatic N) is 10. The Bertz CT molecular complexity index is 2230. The maximum absolute atomic E-state index is 11.6. The Morgan fingerprint density at radius 3 is 1.58 bits per heavy atom. The Hall–Kier alpha value is -6.81. The van der Waals surface area contributed by atoms with Gasteiger partial charge in [0.1, 0.15) is 0 Å². The van der Waals surface area contributed by atoms with Crippen molar-refractivity contribution in [3.05, 3.63) is 116 Å². The number of benzene rings is 2. The second-order valence-corrected chi connectivity index (χ2v) is 11.9. The Kier molecular flexibility index (Phi) is 18.7. The summed E-state index contributed by atoms with van der Waals surface area (Å²) >= 11 is 2.49. The van der Waals surface area contributed by atoms with Gasteiger partial charge in [-0.2, -0.15) is 0 Å². The fraction of sp³-hybridized carbons (Fsp3) is 0.286. The second-order valence-electron chi connectivity index (χ2n) is 10.1. The van der Waals surface area contributed by atoms with Crippen molar-refractivity contribution in [1.82, 2.24) is 39.9 Å². The molecule has 0 spiro atoms. The highest BCUT2D eigenvalue weighted by Gasteiger charge is 2.18. The number of aromatic nitrogens is 8. The molecule has 57 heavy (non-hydrogen) atoms. The molecular weight excluding hydrogens is 781 g/mol. The predicted octanol–water partition coefficient (Wildman–Crippen LogP) is 5.84. The van der Waals surface area contributed by atoms with Crippen LogP contribution in [0.3, 0.4) is 0 Å². The zero-order valence-corrected chi connectivity index (χ0v) is 34.0. The minimum absolute atomic E-state index is 0.0570. The first-order chi connectivity index (χ1) is 27.7. The summed E-state index contributed by atoms with van der Waals surface area (Å²) in [6.07, 6.45) is -1.18. The number of nitrogens with one attached hydrogen (secondary N) is 2. The van der Waals surface area contributed by atoms with Gasteiger partial charge in [0.25, 0.3) is 0 Å². The topological polar surface area (TPSA) is 237 Å². The average molecular weight is 823 g/mol. The van der Waals surface area contributed by atoms with Crippen molar-refractivity contribution in [3.8, 4) is 0 Å². The van der Waals surface area contributed by atoms with Gasteiger partial charge in [-0.3, -0.25) is 19.7 Å². The first-order valence-electron chi connectivity index (χ1n) is 17.1. The smallest absolute Gasteiger partial charge is 0.441 e. The molecule has 20 nitrogen and oxygen atoms in total. The second kappa shape index (κ2) is 23.9. The van der Waals surface area contributed by atoms with Gasteiger partial charge in [0.05, 0.1) is 25.6 Å². The summed E-state index contributed by atoms with van der Waals surface area (Å²) in [4.78, 5) is 53.2. The minimum atomic E-state index is -0.605. The van der Waals surface area contributed by atoms with E-state index >= 15 is 0 Å². The first kappa shape index (κ1) is 44.6. The van der Waals surface area contributed by atoms with E-state index in [0.29, 0.717) is 44.5 Å². The normalized spacial score (nSPS) is 10.7. The van der Waals surface area contributed by atoms with Gasteiger partial charge in [-0.25, -0.2) is 29.0 Å². The molecule has 2 N–H and O–H groups in total. The highest BCUT2D eigenvalue weighted by molar-refractivity contribution is 7.14. The van der Waals surface area contributed by atoms with Gasteiger partial charge in [-0.15, -0.1) is 27.8 Å². The summed E-state index contributed by atoms with van der Waals surface area (Å²) in [5, 5.41) is 32.7. The number of anilines is 2. The summed E-state index contributed by atoms with van der Waals surface area (Å²) in [6.45, 7) is 8.18. The van der Waals surface area contributed by atoms with Gasteiger partial charge in [0, 0.05) is 36.0 Å². The van der Waals surface area contributed by atoms with Crippen LogP contribution in [0.2, 0.25) is 0 Å². The van der Waals surface area contributed by atoms with Crippen molar-refractivity contribution >= 4 is 56.5 Å². The molecule has 0 saturated carbocycles. The quantitative estimate of drug-likeness (QED) is 0.109. The largest absolute Gasteiger partial charge is 0.453 e. The number of rotatable bonds is 12. The molecule has 6 aromatic rings. The van der Waals surface area contributed by atoms with Gasteiger partial charge in [0.15, 0.2) is 34.9 Å². The van der Waals surface area contributed by atoms with Crippen LogP contribution in [-0.4, -0.2) is 77.7 Å². The van der Waals surface area contributed by atoms with Crippen LogP contribution in [0.1, 0.15) is 61.9 Å². The molecule has 2 amide bonds. The van der Waals surface area contributed by atoms with E-state index in [9.17, 15) is 14.4 Å². The lowest BCUT2D eigenvalue weighted by Gasteiger charge is -2.05. The van der Waals surface area contributed by atoms with E-state index in [1.54, 1.807) is 17.8 Å². The monoisotopic (exact) mass is 822 g/mol. The summed E-state index contributed by atoms with van der Waals surface area (Å²) < 4.78 is 16.4. The van der Waals surface area contributed by atoms with Crippen LogP contribution < -0.4 is 16.4 Å². The van der Waals surface area contributed by atoms with Gasteiger partial charge in [-0.05, 0) is 10.4 Å². The van der Waals surface area contributed by atoms with Crippen LogP contribution in [0.15, 0.2) is 91.1 Å². The first-order valence-corrected chi connectivity index (χ1v) is 18.9. The molecule has 0 bridgehead atoms. The SMILES string of the molecule is CC.CC.COC(=O)Nc1nc(CON=C(c2ccccc2)c2nnnn2C)cs1.COC(=O)Nc1nc(CON=C(c2ccccc2)c2noc(=O)n2C)cs1. The molecule has 0 aliphatic heterocycles. The molecule has 2 aromatic carbocycles. The number of carbonyl (C=O) groups is 2. The van der Waals surface area contributed by atoms with Crippen molar-refractivity contribution in [1.29, 1.82) is 0 Å². The van der Waals surface area contributed by atoms with Crippen molar-refractivity contribution in [2.45, 2.75) is 40.9 Å². The molecule has 6 rings (SSSR count). The number of amides is 2. The lowest BCUT2D eigenvalue weighted by Crippen LogP contribution is -2.17. The molecule has 0 saturated heterocycles. The summed E-state index contributed by atoms with van der Waals surface area (Å²) in [7, 11) is 5.80. The maximum atomic E-state index is 11.6. The van der Waals surface area contributed by atoms with E-state index in [1.165, 1.54) is 53.2 Å². The van der Waals surface area contributed by atoms with E-state index in [2.05, 4.69) is 65.6 Å². The molecule has 0 aliphatic carbocycles. The van der Waals surface area contributed by atoms with Crippen LogP contribution in [-0.2, 0) is 46.5 Å². The van der Waals surface area contributed by atoms with Crippen LogP contribution in [0, 0.1) is 0 Å². The van der Waals surface area contributed by atoms with Gasteiger partial charge in [0.2, 0.25) is 11.6 Å². The predicted molar refractivity (Wildman–Crippen MR) is 213 cm³/mol. The number of carbonyl (C=O) groups excluding carboxylic acids is 2. The van der Waals surface area contributed by atoms with E-state index in [0.717, 1.165) is 5.56 Å². The van der Waals surface area contributed by atoms with Crippen molar-refractivity contribution in [2.75, 3.05) is 24.9 Å². The fourth-order valence-electron chi connectivity index (χ4n) is 4.02. The highest BCUT2D eigenvalue weighted by atomic mass is 32.1. The molecule has 0 atom stereocenters. The van der Waals surface area contributed by atoms with Crippen molar-refractivity contribution in [3.63, 3.8) is 0 Å². The third kappa shape index (κ3) is 13.5. The number of hydrogen-bond donors (Lipinski definition) is 2. The van der Waals surface area contributed by atoms with E-state index in [1.807, 2.05) is 88.4 Å². The van der Waals surface area contributed by atoms with Crippen LogP contribution in [0.25, 0.3) is 0 Å². The minimum Gasteiger partial charge on any atom is -0.453 e. The molecule has 0 aliphatic rings. The van der Waals surface area contributed by atoms with Gasteiger partial charge < -0.3 is 19.1 Å². The fourth-order valence-corrected chi connectivity index (χ4v) is 5.39. The number of aryl methyl sites for hydroxylation is 1. The Morgan fingerprint density at radius 2 is 1.19 bits per heavy atom. The third-order valence-electron chi connectivity index (χ3n) is 6.57. The lowest BCUT2D eigenvalue weighted by molar-refractivity contribution is 0.128. The molecule has 302 valence electrons. The number of thiazole rings is 2. The van der Waals surface area contributed by atoms with Crippen LogP contribution >= 0.6 is 22.7 Å². The zero-order chi connectivity index (χ0) is 41.6. The number of tetrazole rings is 1. The highest BCUT2D eigenvalue weighted by Crippen LogP contribution is 2.18. The Balaban J connectivity index is 0.000000281. The summed E-state index contributed by atoms with van der Waals surface area (Å²) in [5.41, 5.74) is 3.54. The third-order valence-corrected chi connectivity index (χ3v) is 8.18. The molecule has 0 fully saturated rings. The molecular formula is C35H42N12O8S2. The number of oxime groups is 2. The molecule has 0 unspecified atom stereocenters. The maximum Gasteiger partial charge on any atom is 0.441 e. The van der Waals surface area contributed by atoms with E-state index in [4.69, 9.17) is 9.68 Å². The van der Waals surface area contributed by atoms with E-state index in [-0.39, 0.29) is 19.0 Å². The molecule has 22 heteroatoms. The lowest BCUT2D eigenvalue weighted by atomic mass is 10.1. The number of ether oxygens (including phenoxy) is 2. The molecule has 0 radical (unpaired) electrons. The Morgan fingerprint density at radius 1 is 0.737 bits per heavy atom. The summed E-state index contributed by atoms with van der Waals surface area (Å²) in [5.74, 6) is 0.103. The van der Waals surface area contributed by atoms with E-state index < -0.39 is 17.9 Å². The van der Waals surface area contributed by atoms with Gasteiger partial charge >= 0.3 is 17.9 Å². The van der Waals surface area contributed by atoms with Crippen LogP contribution in [0.5, 0.6) is 0 Å². The molecule has 4 heterocycles. The molecule has 4 aromatic heterocycles. The Labute approximate surface area is 335 Å². The number of hydrogen-bond acceptors (Lipinski definition) is 18. The summed E-state index contributed by atoms with van der Waals surface area (Å²) in [6, 6.07) is 18.6.